The molecule has 118 heavy (non-hydrogen) atoms. The van der Waals surface area contributed by atoms with E-state index in [1.54, 1.807) is 101 Å². The normalized spacial score (nSPS) is 13.4. The van der Waals surface area contributed by atoms with Crippen LogP contribution in [0.15, 0.2) is 150 Å². The maximum absolute atomic E-state index is 13.2. The summed E-state index contributed by atoms with van der Waals surface area (Å²) in [6.07, 6.45) is 32.4. The van der Waals surface area contributed by atoms with Crippen molar-refractivity contribution in [3.63, 3.8) is 0 Å². The molecule has 0 unspecified atom stereocenters. The summed E-state index contributed by atoms with van der Waals surface area (Å²) >= 11 is 6.52. The van der Waals surface area contributed by atoms with E-state index in [9.17, 15) is 54.5 Å². The number of carbonyl (C=O) groups excluding carboxylic acids is 2. The average Bonchev–Trinajstić information content (AvgIpc) is 1.20. The molecule has 10 aromatic rings. The molecule has 21 nitrogen and oxygen atoms in total. The molecule has 5 aliphatic heterocycles. The van der Waals surface area contributed by atoms with Gasteiger partial charge in [0.2, 0.25) is 11.8 Å². The number of fused-ring (bicyclic) bond motifs is 6. The van der Waals surface area contributed by atoms with Crippen LogP contribution >= 0.6 is 44.3 Å². The summed E-state index contributed by atoms with van der Waals surface area (Å²) in [5, 5.41) is 2.81. The lowest BCUT2D eigenvalue weighted by Crippen LogP contribution is -3.00. The summed E-state index contributed by atoms with van der Waals surface area (Å²) in [6.45, 7) is 6.61. The lowest BCUT2D eigenvalue weighted by molar-refractivity contribution is -0.121. The minimum absolute atomic E-state index is 0. The number of hydrogen-bond donors (Lipinski definition) is 2. The van der Waals surface area contributed by atoms with Crippen LogP contribution < -0.4 is 37.2 Å². The Morgan fingerprint density at radius 2 is 0.932 bits per heavy atom. The maximum atomic E-state index is 13.2. The fraction of sp³-hybridized carbons (Fsp3) is 0.376. The smallest absolute Gasteiger partial charge is 0.762 e. The van der Waals surface area contributed by atoms with Gasteiger partial charge in [0.05, 0.1) is 37.9 Å². The van der Waals surface area contributed by atoms with Crippen molar-refractivity contribution in [2.24, 2.45) is 4.99 Å². The summed E-state index contributed by atoms with van der Waals surface area (Å²) in [4.78, 5) is 92.6. The van der Waals surface area contributed by atoms with E-state index in [2.05, 4.69) is 116 Å². The van der Waals surface area contributed by atoms with Gasteiger partial charge in [0.25, 0.3) is 23.2 Å². The number of carbonyl (C=O) groups is 2. The SMILES string of the molecule is C#Cc1cccc(F)c1.COC1=NCCCCC1.C[O+](C)C.Cl.FB(F)F.Nc1cc(Br)cnc1OC=O.O=C1CCCCCN1.O=c1c2ncc(Br)cc2nc2n1CCCCC2.O=c1c2ncc(C#Cc3cccc(F)c3)cc2nc2n1CCCCC2.O=c1c2ncc(C#Cc3cccc(F)c3)cc2nc2n1CCCCC2.[2H]CC.[2H]CF.[F-]. The highest BCUT2D eigenvalue weighted by atomic mass is 79.9. The van der Waals surface area contributed by atoms with Gasteiger partial charge in [0, 0.05) is 128 Å². The molecule has 0 saturated carbocycles. The van der Waals surface area contributed by atoms with Crippen LogP contribution in [0.5, 0.6) is 5.88 Å². The number of nitrogen functional groups attached to an aromatic ring is 1. The monoisotopic (exact) mass is 1790 g/mol. The van der Waals surface area contributed by atoms with E-state index in [0.717, 1.165) is 155 Å². The van der Waals surface area contributed by atoms with Gasteiger partial charge in [-0.3, -0.25) is 60.0 Å². The van der Waals surface area contributed by atoms with Gasteiger partial charge >= 0.3 is 7.54 Å². The molecule has 0 radical (unpaired) electrons. The Morgan fingerprint density at radius 3 is 1.35 bits per heavy atom. The maximum Gasteiger partial charge on any atom is 0.762 e. The van der Waals surface area contributed by atoms with Crippen LogP contribution in [0.2, 0.25) is 0 Å². The van der Waals surface area contributed by atoms with Crippen molar-refractivity contribution in [1.29, 1.82) is 0 Å². The largest absolute Gasteiger partial charge is 1.00 e. The van der Waals surface area contributed by atoms with E-state index in [4.69, 9.17) is 19.6 Å². The molecule has 0 bridgehead atoms. The van der Waals surface area contributed by atoms with E-state index >= 15 is 0 Å². The summed E-state index contributed by atoms with van der Waals surface area (Å²) in [5.41, 5.74) is 11.7. The summed E-state index contributed by atoms with van der Waals surface area (Å²) in [6, 6.07) is 25.2. The Balaban J connectivity index is 0.000000364. The number of ether oxygens (including phenoxy) is 2. The van der Waals surface area contributed by atoms with Gasteiger partial charge in [-0.05, 0) is 175 Å². The minimum atomic E-state index is -3.67. The molecule has 1 saturated heterocycles. The van der Waals surface area contributed by atoms with E-state index < -0.39 is 14.7 Å². The number of nitrogens with one attached hydrogen (secondary N) is 1. The van der Waals surface area contributed by atoms with Gasteiger partial charge in [-0.2, -0.15) is 0 Å². The summed E-state index contributed by atoms with van der Waals surface area (Å²) < 4.78 is 108. The van der Waals surface area contributed by atoms with Crippen LogP contribution in [0.25, 0.3) is 33.1 Å². The quantitative estimate of drug-likeness (QED) is 0.0536. The number of aromatic nitrogens is 10. The molecule has 1 amide bonds. The van der Waals surface area contributed by atoms with Crippen molar-refractivity contribution >= 4 is 109 Å². The van der Waals surface area contributed by atoms with Crippen molar-refractivity contribution < 1.29 is 61.4 Å². The Hall–Kier alpha value is -10.7. The fourth-order valence-corrected chi connectivity index (χ4v) is 12.2. The molecule has 12 heterocycles. The first-order valence-electron chi connectivity index (χ1n) is 38.8. The number of methoxy groups -OCH3 is 1. The molecule has 630 valence electrons. The number of benzene rings is 3. The molecule has 0 atom stereocenters. The topological polar surface area (TPSA) is 262 Å². The third-order valence-electron chi connectivity index (χ3n) is 16.8. The molecule has 3 N–H and O–H groups in total. The van der Waals surface area contributed by atoms with Crippen molar-refractivity contribution in [3.8, 4) is 41.9 Å². The third-order valence-corrected chi connectivity index (χ3v) is 17.6. The van der Waals surface area contributed by atoms with Gasteiger partial charge in [-0.25, -0.2) is 48.1 Å². The third kappa shape index (κ3) is 36.0. The van der Waals surface area contributed by atoms with Gasteiger partial charge in [0.1, 0.15) is 56.3 Å². The summed E-state index contributed by atoms with van der Waals surface area (Å²) in [5.74, 6) is 17.0. The predicted molar refractivity (Wildman–Crippen MR) is 457 cm³/mol. The zero-order valence-corrected chi connectivity index (χ0v) is 70.3. The fourth-order valence-electron chi connectivity index (χ4n) is 11.5. The number of halogens is 11. The first-order valence-corrected chi connectivity index (χ1v) is 39.0. The number of hydrogen-bond acceptors (Lipinski definition) is 16. The first kappa shape index (κ1) is 97.9. The Kier molecular flexibility index (Phi) is 46.9. The van der Waals surface area contributed by atoms with Gasteiger partial charge in [-0.15, -0.1) is 18.8 Å². The van der Waals surface area contributed by atoms with Crippen molar-refractivity contribution in [2.45, 2.75) is 162 Å². The van der Waals surface area contributed by atoms with Crippen molar-refractivity contribution in [3.05, 3.63) is 225 Å². The second-order valence-corrected chi connectivity index (χ2v) is 27.8. The van der Waals surface area contributed by atoms with E-state index in [-0.39, 0.29) is 69.5 Å². The molecule has 33 heteroatoms. The van der Waals surface area contributed by atoms with Gasteiger partial charge < -0.3 is 29.6 Å². The average molecular weight is 1790 g/mol. The van der Waals surface area contributed by atoms with Crippen LogP contribution in [-0.4, -0.2) is 123 Å². The second-order valence-electron chi connectivity index (χ2n) is 26.0. The molecule has 5 aliphatic rings. The number of nitrogens with two attached hydrogens (primary N) is 1. The number of amides is 1. The predicted octanol–water partition coefficient (Wildman–Crippen LogP) is 13.8. The highest BCUT2D eigenvalue weighted by Crippen LogP contribution is 2.23. The highest BCUT2D eigenvalue weighted by Gasteiger charge is 2.18. The van der Waals surface area contributed by atoms with Gasteiger partial charge in [-0.1, -0.05) is 93.7 Å². The lowest BCUT2D eigenvalue weighted by Gasteiger charge is -2.09. The first-order chi connectivity index (χ1) is 56.8. The minimum Gasteiger partial charge on any atom is -1.00 e. The summed E-state index contributed by atoms with van der Waals surface area (Å²) in [7, 11) is 2.78. The molecule has 3 aromatic carbocycles. The lowest BCUT2D eigenvalue weighted by atomic mass is 10.2. The Bertz CT molecular complexity index is 5090. The number of nitrogens with zero attached hydrogens (tertiary/aromatic N) is 11. The highest BCUT2D eigenvalue weighted by molar-refractivity contribution is 9.10. The number of anilines is 1. The van der Waals surface area contributed by atoms with E-state index in [0.29, 0.717) is 86.6 Å². The zero-order valence-electron chi connectivity index (χ0n) is 68.3. The van der Waals surface area contributed by atoms with E-state index in [1.165, 1.54) is 68.3 Å². The molecule has 0 aliphatic carbocycles. The molecule has 1 fully saturated rings. The number of alkyl halides is 1. The zero-order chi connectivity index (χ0) is 86.2. The Labute approximate surface area is 707 Å². The van der Waals surface area contributed by atoms with Crippen molar-refractivity contribution in [1.82, 2.24) is 53.9 Å². The van der Waals surface area contributed by atoms with Crippen LogP contribution in [0.3, 0.4) is 0 Å². The number of pyridine rings is 4. The molecule has 7 aromatic heterocycles. The number of terminal acetylenes is 1. The number of aliphatic imine (C=N–C) groups is 1. The Morgan fingerprint density at radius 1 is 0.559 bits per heavy atom. The second kappa shape index (κ2) is 56.6. The van der Waals surface area contributed by atoms with Crippen molar-refractivity contribution in [2.75, 3.05) is 54.4 Å². The molecule has 0 spiro atoms. The molecule has 15 rings (SSSR count). The van der Waals surface area contributed by atoms with Crippen LogP contribution in [0.1, 0.15) is 171 Å². The van der Waals surface area contributed by atoms with Gasteiger partial charge in [0.15, 0.2) is 22.4 Å². The van der Waals surface area contributed by atoms with Crippen LogP contribution in [-0.2, 0) is 57.6 Å². The number of rotatable bonds is 2. The van der Waals surface area contributed by atoms with Crippen LogP contribution in [0, 0.1) is 53.5 Å². The number of aryl methyl sites for hydroxylation is 3. The molecular formula is C85H97BBr2ClF8N13O8. The van der Waals surface area contributed by atoms with Crippen LogP contribution in [0.4, 0.5) is 36.2 Å². The molecular weight excluding hydrogens is 1690 g/mol. The standard InChI is InChI=1S/2C20H16FN3O.C12H12BrN3O.C8H5F.C7H13NO.C6H5BrN2O2.C6H11NO.C3H9O.C2H6.CH3F.BF3.ClH.FH/c2*21-16-6-4-5-14(11-16)8-9-15-12-17-19(22-13-15)20(25)24-10-3-1-2-7-18(24)23-17;13-8-6-9-11(14-7-8)12(17)16-5-3-1-2-4-10(16)15-9;1-2-7-4-3-5-8(9)6-7;1-9-7-5-3-2-4-6-8-7;7-4-1-5(8)6(9-2-4)11-3-10;8-6-4-2-1-3-5-7-6;1-4(2)3;2*1-2;2-1(3)4;;/h2*4-6,11-13H,1-3,7,10H2;6-7H,1-5H2;1,3-6H;2-6H2,1H3;1-3H,8H2;1-5H2,(H,7,8);1-3H3;1-2H3;1H3;;2*1H/q;;;;;;;+1;;;;;/p-1/i;;;;;;;;2*1D;;;. The van der Waals surface area contributed by atoms with E-state index in [1.807, 2.05) is 27.4 Å².